The monoisotopic (exact) mass is 293 g/mol. The normalized spacial score (nSPS) is 15.0. The van der Waals surface area contributed by atoms with E-state index in [1.807, 2.05) is 6.92 Å². The van der Waals surface area contributed by atoms with Crippen molar-refractivity contribution >= 4 is 27.5 Å². The maximum Gasteiger partial charge on any atom is 0.131 e. The molecule has 1 aromatic rings. The average Bonchev–Trinajstić information content (AvgIpc) is 2.21. The first-order valence-corrected chi connectivity index (χ1v) is 6.10. The Kier molecular flexibility index (Phi) is 4.99. The van der Waals surface area contributed by atoms with Gasteiger partial charge in [0, 0.05) is 17.1 Å². The third-order valence-corrected chi connectivity index (χ3v) is 3.00. The zero-order valence-electron chi connectivity index (χ0n) is 8.32. The van der Waals surface area contributed by atoms with Gasteiger partial charge in [0.15, 0.2) is 0 Å². The summed E-state index contributed by atoms with van der Waals surface area (Å²) in [4.78, 5) is 3.92. The van der Waals surface area contributed by atoms with Crippen molar-refractivity contribution in [3.05, 3.63) is 28.5 Å². The molecule has 2 atom stereocenters. The molecule has 2 N–H and O–H groups in total. The highest BCUT2D eigenvalue weighted by Crippen LogP contribution is 2.22. The molecule has 3 nitrogen and oxygen atoms in total. The third-order valence-electron chi connectivity index (χ3n) is 2.15. The van der Waals surface area contributed by atoms with Gasteiger partial charge in [-0.3, -0.25) is 0 Å². The summed E-state index contributed by atoms with van der Waals surface area (Å²) in [6, 6.07) is 1.73. The Hall–Kier alpha value is -0.160. The van der Waals surface area contributed by atoms with E-state index >= 15 is 0 Å². The number of alkyl halides is 1. The highest BCUT2D eigenvalue weighted by molar-refractivity contribution is 9.09. The molecule has 1 aromatic heterocycles. The minimum Gasteiger partial charge on any atom is -0.390 e. The number of hydrogen-bond acceptors (Lipinski definition) is 3. The van der Waals surface area contributed by atoms with Gasteiger partial charge in [-0.2, -0.15) is 0 Å². The maximum absolute atomic E-state index is 9.78. The van der Waals surface area contributed by atoms with Gasteiger partial charge in [0.1, 0.15) is 11.3 Å². The van der Waals surface area contributed by atoms with E-state index in [1.54, 1.807) is 6.07 Å². The van der Waals surface area contributed by atoms with Crippen LogP contribution in [0, 0.1) is 6.92 Å². The second-order valence-electron chi connectivity index (χ2n) is 3.37. The van der Waals surface area contributed by atoms with Crippen LogP contribution >= 0.6 is 27.5 Å². The molecular formula is C10H13BrClNO2. The molecule has 0 bridgehead atoms. The predicted octanol–water partition coefficient (Wildman–Crippen LogP) is 2.22. The molecule has 0 aromatic carbocycles. The van der Waals surface area contributed by atoms with Crippen molar-refractivity contribution in [2.24, 2.45) is 0 Å². The molecule has 0 fully saturated rings. The number of aliphatic hydroxyl groups excluding tert-OH is 2. The third kappa shape index (κ3) is 3.41. The zero-order valence-corrected chi connectivity index (χ0v) is 10.7. The fourth-order valence-corrected chi connectivity index (χ4v) is 1.81. The smallest absolute Gasteiger partial charge is 0.131 e. The highest BCUT2D eigenvalue weighted by Gasteiger charge is 2.18. The van der Waals surface area contributed by atoms with Gasteiger partial charge in [-0.05, 0) is 25.0 Å². The molecule has 0 saturated carbocycles. The number of rotatable bonds is 4. The second-order valence-corrected chi connectivity index (χ2v) is 4.52. The van der Waals surface area contributed by atoms with E-state index in [-0.39, 0.29) is 0 Å². The topological polar surface area (TPSA) is 53.4 Å². The van der Waals surface area contributed by atoms with Crippen LogP contribution in [0.5, 0.6) is 0 Å². The van der Waals surface area contributed by atoms with Crippen LogP contribution in [0.15, 0.2) is 12.3 Å². The summed E-state index contributed by atoms with van der Waals surface area (Å²) in [7, 11) is 0. The van der Waals surface area contributed by atoms with Crippen molar-refractivity contribution in [1.82, 2.24) is 4.98 Å². The van der Waals surface area contributed by atoms with E-state index in [2.05, 4.69) is 20.9 Å². The Morgan fingerprint density at radius 3 is 2.73 bits per heavy atom. The van der Waals surface area contributed by atoms with Crippen molar-refractivity contribution in [2.75, 3.05) is 5.33 Å². The number of nitrogens with zero attached hydrogens (tertiary/aromatic N) is 1. The van der Waals surface area contributed by atoms with Gasteiger partial charge in [-0.1, -0.05) is 27.5 Å². The number of aryl methyl sites for hydroxylation is 1. The molecule has 15 heavy (non-hydrogen) atoms. The van der Waals surface area contributed by atoms with Crippen molar-refractivity contribution < 1.29 is 10.2 Å². The van der Waals surface area contributed by atoms with Crippen LogP contribution in [0.2, 0.25) is 5.15 Å². The minimum atomic E-state index is -0.911. The molecule has 0 aliphatic heterocycles. The Labute approximate surface area is 102 Å². The van der Waals surface area contributed by atoms with Crippen LogP contribution in [0.1, 0.15) is 23.7 Å². The van der Waals surface area contributed by atoms with E-state index in [0.717, 1.165) is 5.56 Å². The summed E-state index contributed by atoms with van der Waals surface area (Å²) in [5, 5.41) is 20.4. The van der Waals surface area contributed by atoms with Crippen LogP contribution < -0.4 is 0 Å². The standard InChI is InChI=1S/C10H13BrClNO2/c1-6-4-7(5-13-10(6)12)9(15)8(14)2-3-11/h4-5,8-9,14-15H,2-3H2,1H3. The maximum atomic E-state index is 9.78. The number of halogens is 2. The fraction of sp³-hybridized carbons (Fsp3) is 0.500. The average molecular weight is 295 g/mol. The molecular weight excluding hydrogens is 281 g/mol. The Balaban J connectivity index is 2.81. The first-order chi connectivity index (χ1) is 7.06. The second kappa shape index (κ2) is 5.80. The van der Waals surface area contributed by atoms with Gasteiger partial charge >= 0.3 is 0 Å². The summed E-state index contributed by atoms with van der Waals surface area (Å²) in [5.41, 5.74) is 1.38. The number of aromatic nitrogens is 1. The van der Waals surface area contributed by atoms with Crippen LogP contribution in [-0.2, 0) is 0 Å². The van der Waals surface area contributed by atoms with Crippen LogP contribution in [0.4, 0.5) is 0 Å². The molecule has 0 aliphatic rings. The molecule has 0 radical (unpaired) electrons. The highest BCUT2D eigenvalue weighted by atomic mass is 79.9. The lowest BCUT2D eigenvalue weighted by atomic mass is 10.0. The van der Waals surface area contributed by atoms with Crippen molar-refractivity contribution in [2.45, 2.75) is 25.6 Å². The Morgan fingerprint density at radius 1 is 1.53 bits per heavy atom. The lowest BCUT2D eigenvalue weighted by Crippen LogP contribution is -2.18. The first kappa shape index (κ1) is 12.9. The van der Waals surface area contributed by atoms with Gasteiger partial charge in [-0.15, -0.1) is 0 Å². The van der Waals surface area contributed by atoms with Crippen molar-refractivity contribution in [3.63, 3.8) is 0 Å². The van der Waals surface area contributed by atoms with Gasteiger partial charge in [0.25, 0.3) is 0 Å². The van der Waals surface area contributed by atoms with Crippen LogP contribution in [-0.4, -0.2) is 26.6 Å². The molecule has 0 aliphatic carbocycles. The lowest BCUT2D eigenvalue weighted by Gasteiger charge is -2.17. The van der Waals surface area contributed by atoms with Gasteiger partial charge in [0.05, 0.1) is 6.10 Å². The summed E-state index contributed by atoms with van der Waals surface area (Å²) in [6.07, 6.45) is 0.276. The zero-order chi connectivity index (χ0) is 11.4. The molecule has 1 heterocycles. The SMILES string of the molecule is Cc1cc(C(O)C(O)CCBr)cnc1Cl. The molecule has 0 spiro atoms. The Bertz CT molecular complexity index is 335. The van der Waals surface area contributed by atoms with Crippen LogP contribution in [0.25, 0.3) is 0 Å². The van der Waals surface area contributed by atoms with E-state index in [9.17, 15) is 10.2 Å². The molecule has 5 heteroatoms. The summed E-state index contributed by atoms with van der Waals surface area (Å²) >= 11 is 8.97. The van der Waals surface area contributed by atoms with Crippen LogP contribution in [0.3, 0.4) is 0 Å². The minimum absolute atomic E-state index is 0.418. The molecule has 0 saturated heterocycles. The molecule has 1 rings (SSSR count). The summed E-state index contributed by atoms with van der Waals surface area (Å²) in [5.74, 6) is 0. The number of hydrogen-bond donors (Lipinski definition) is 2. The predicted molar refractivity (Wildman–Crippen MR) is 63.4 cm³/mol. The largest absolute Gasteiger partial charge is 0.390 e. The molecule has 84 valence electrons. The van der Waals surface area contributed by atoms with Gasteiger partial charge < -0.3 is 10.2 Å². The van der Waals surface area contributed by atoms with Gasteiger partial charge in [-0.25, -0.2) is 4.98 Å². The van der Waals surface area contributed by atoms with Gasteiger partial charge in [0.2, 0.25) is 0 Å². The molecule has 0 amide bonds. The fourth-order valence-electron chi connectivity index (χ4n) is 1.23. The summed E-state index contributed by atoms with van der Waals surface area (Å²) in [6.45, 7) is 1.81. The quantitative estimate of drug-likeness (QED) is 0.661. The number of aliphatic hydroxyl groups is 2. The lowest BCUT2D eigenvalue weighted by molar-refractivity contribution is 0.0171. The molecule has 2 unspecified atom stereocenters. The van der Waals surface area contributed by atoms with E-state index in [0.29, 0.717) is 22.5 Å². The van der Waals surface area contributed by atoms with E-state index in [1.165, 1.54) is 6.20 Å². The van der Waals surface area contributed by atoms with E-state index in [4.69, 9.17) is 11.6 Å². The van der Waals surface area contributed by atoms with Crippen molar-refractivity contribution in [3.8, 4) is 0 Å². The first-order valence-electron chi connectivity index (χ1n) is 4.60. The summed E-state index contributed by atoms with van der Waals surface area (Å²) < 4.78 is 0. The Morgan fingerprint density at radius 2 is 2.20 bits per heavy atom. The number of pyridine rings is 1. The van der Waals surface area contributed by atoms with Crippen molar-refractivity contribution in [1.29, 1.82) is 0 Å². The van der Waals surface area contributed by atoms with E-state index < -0.39 is 12.2 Å².